The zero-order chi connectivity index (χ0) is 9.97. The van der Waals surface area contributed by atoms with Gasteiger partial charge in [0.1, 0.15) is 0 Å². The Morgan fingerprint density at radius 1 is 1.50 bits per heavy atom. The summed E-state index contributed by atoms with van der Waals surface area (Å²) < 4.78 is 0. The highest BCUT2D eigenvalue weighted by molar-refractivity contribution is 5.14. The largest absolute Gasteiger partial charge is 0.295 e. The molecule has 0 bridgehead atoms. The Hall–Kier alpha value is -0.890. The standard InChI is InChI=1S/C12H18N2/c1-3-14-9-5-8-12(14)11-7-4-6-10(2)13-11/h4,6-7,12H,3,5,8-9H2,1-2H3/t12-/m1/s1. The van der Waals surface area contributed by atoms with Gasteiger partial charge >= 0.3 is 0 Å². The van der Waals surface area contributed by atoms with Gasteiger partial charge in [-0.3, -0.25) is 9.88 Å². The van der Waals surface area contributed by atoms with Gasteiger partial charge in [0, 0.05) is 5.69 Å². The Bertz CT molecular complexity index is 309. The van der Waals surface area contributed by atoms with Crippen molar-refractivity contribution in [3.8, 4) is 0 Å². The zero-order valence-electron chi connectivity index (χ0n) is 9.03. The maximum atomic E-state index is 4.61. The van der Waals surface area contributed by atoms with Crippen molar-refractivity contribution in [2.45, 2.75) is 32.7 Å². The molecule has 0 aliphatic carbocycles. The third-order valence-corrected chi connectivity index (χ3v) is 3.02. The lowest BCUT2D eigenvalue weighted by molar-refractivity contribution is 0.267. The van der Waals surface area contributed by atoms with Crippen LogP contribution in [-0.2, 0) is 0 Å². The van der Waals surface area contributed by atoms with Crippen LogP contribution in [0.3, 0.4) is 0 Å². The Morgan fingerprint density at radius 3 is 3.07 bits per heavy atom. The topological polar surface area (TPSA) is 16.1 Å². The smallest absolute Gasteiger partial charge is 0.0578 e. The number of nitrogens with zero attached hydrogens (tertiary/aromatic N) is 2. The Morgan fingerprint density at radius 2 is 2.36 bits per heavy atom. The first-order valence-electron chi connectivity index (χ1n) is 5.49. The van der Waals surface area contributed by atoms with Crippen molar-refractivity contribution in [2.75, 3.05) is 13.1 Å². The molecule has 0 unspecified atom stereocenters. The molecule has 0 spiro atoms. The predicted molar refractivity (Wildman–Crippen MR) is 58.2 cm³/mol. The van der Waals surface area contributed by atoms with Crippen molar-refractivity contribution in [3.05, 3.63) is 29.6 Å². The summed E-state index contributed by atoms with van der Waals surface area (Å²) in [4.78, 5) is 7.13. The van der Waals surface area contributed by atoms with Crippen LogP contribution < -0.4 is 0 Å². The Balaban J connectivity index is 2.21. The molecule has 1 aliphatic rings. The van der Waals surface area contributed by atoms with Crippen molar-refractivity contribution < 1.29 is 0 Å². The molecule has 0 N–H and O–H groups in total. The minimum absolute atomic E-state index is 0.569. The van der Waals surface area contributed by atoms with E-state index in [0.717, 1.165) is 12.2 Å². The normalized spacial score (nSPS) is 22.9. The number of aromatic nitrogens is 1. The highest BCUT2D eigenvalue weighted by atomic mass is 15.2. The van der Waals surface area contributed by atoms with Crippen LogP contribution in [0.5, 0.6) is 0 Å². The molecule has 1 fully saturated rings. The number of hydrogen-bond acceptors (Lipinski definition) is 2. The van der Waals surface area contributed by atoms with E-state index in [1.807, 2.05) is 0 Å². The number of aryl methyl sites for hydroxylation is 1. The van der Waals surface area contributed by atoms with Gasteiger partial charge in [-0.1, -0.05) is 13.0 Å². The molecule has 1 saturated heterocycles. The molecule has 1 aromatic heterocycles. The van der Waals surface area contributed by atoms with Gasteiger partial charge in [0.25, 0.3) is 0 Å². The second kappa shape index (κ2) is 4.09. The lowest BCUT2D eigenvalue weighted by Crippen LogP contribution is -2.23. The van der Waals surface area contributed by atoms with E-state index >= 15 is 0 Å². The molecular weight excluding hydrogens is 172 g/mol. The lowest BCUT2D eigenvalue weighted by Gasteiger charge is -2.22. The van der Waals surface area contributed by atoms with Gasteiger partial charge in [-0.25, -0.2) is 0 Å². The summed E-state index contributed by atoms with van der Waals surface area (Å²) in [6.07, 6.45) is 2.58. The first-order chi connectivity index (χ1) is 6.81. The summed E-state index contributed by atoms with van der Waals surface area (Å²) in [6.45, 7) is 6.67. The molecular formula is C12H18N2. The van der Waals surface area contributed by atoms with Gasteiger partial charge < -0.3 is 0 Å². The molecule has 2 nitrogen and oxygen atoms in total. The first kappa shape index (κ1) is 9.66. The van der Waals surface area contributed by atoms with Crippen LogP contribution in [0, 0.1) is 6.92 Å². The molecule has 0 aromatic carbocycles. The van der Waals surface area contributed by atoms with E-state index in [9.17, 15) is 0 Å². The summed E-state index contributed by atoms with van der Waals surface area (Å²) in [5.74, 6) is 0. The molecule has 2 rings (SSSR count). The van der Waals surface area contributed by atoms with Crippen LogP contribution in [-0.4, -0.2) is 23.0 Å². The molecule has 1 aliphatic heterocycles. The molecule has 1 atom stereocenters. The predicted octanol–water partition coefficient (Wildman–Crippen LogP) is 2.55. The number of hydrogen-bond donors (Lipinski definition) is 0. The molecule has 76 valence electrons. The second-order valence-corrected chi connectivity index (χ2v) is 3.99. The van der Waals surface area contributed by atoms with Gasteiger partial charge in [0.15, 0.2) is 0 Å². The van der Waals surface area contributed by atoms with E-state index in [4.69, 9.17) is 0 Å². The first-order valence-corrected chi connectivity index (χ1v) is 5.49. The van der Waals surface area contributed by atoms with Crippen molar-refractivity contribution >= 4 is 0 Å². The number of likely N-dealkylation sites (tertiary alicyclic amines) is 1. The zero-order valence-corrected chi connectivity index (χ0v) is 9.03. The quantitative estimate of drug-likeness (QED) is 0.712. The average molecular weight is 190 g/mol. The van der Waals surface area contributed by atoms with Crippen LogP contribution in [0.2, 0.25) is 0 Å². The number of pyridine rings is 1. The van der Waals surface area contributed by atoms with Crippen molar-refractivity contribution in [3.63, 3.8) is 0 Å². The van der Waals surface area contributed by atoms with Crippen LogP contribution in [0.4, 0.5) is 0 Å². The van der Waals surface area contributed by atoms with Crippen molar-refractivity contribution in [1.82, 2.24) is 9.88 Å². The minimum Gasteiger partial charge on any atom is -0.295 e. The van der Waals surface area contributed by atoms with E-state index in [1.165, 1.54) is 25.1 Å². The van der Waals surface area contributed by atoms with Crippen molar-refractivity contribution in [2.24, 2.45) is 0 Å². The van der Waals surface area contributed by atoms with E-state index in [1.54, 1.807) is 0 Å². The van der Waals surface area contributed by atoms with Gasteiger partial charge in [-0.05, 0) is 45.0 Å². The summed E-state index contributed by atoms with van der Waals surface area (Å²) in [7, 11) is 0. The third kappa shape index (κ3) is 1.80. The van der Waals surface area contributed by atoms with E-state index < -0.39 is 0 Å². The van der Waals surface area contributed by atoms with Crippen molar-refractivity contribution in [1.29, 1.82) is 0 Å². The maximum absolute atomic E-state index is 4.61. The number of rotatable bonds is 2. The minimum atomic E-state index is 0.569. The maximum Gasteiger partial charge on any atom is 0.0578 e. The van der Waals surface area contributed by atoms with Gasteiger partial charge in [-0.15, -0.1) is 0 Å². The molecule has 1 aromatic rings. The molecule has 14 heavy (non-hydrogen) atoms. The monoisotopic (exact) mass is 190 g/mol. The summed E-state index contributed by atoms with van der Waals surface area (Å²) in [6, 6.07) is 6.91. The molecule has 2 heteroatoms. The molecule has 0 amide bonds. The molecule has 0 saturated carbocycles. The summed E-state index contributed by atoms with van der Waals surface area (Å²) >= 11 is 0. The molecule has 0 radical (unpaired) electrons. The highest BCUT2D eigenvalue weighted by Gasteiger charge is 2.25. The van der Waals surface area contributed by atoms with Crippen LogP contribution >= 0.6 is 0 Å². The van der Waals surface area contributed by atoms with E-state index in [0.29, 0.717) is 6.04 Å². The fourth-order valence-corrected chi connectivity index (χ4v) is 2.29. The fourth-order valence-electron chi connectivity index (χ4n) is 2.29. The van der Waals surface area contributed by atoms with E-state index in [2.05, 4.69) is 41.9 Å². The van der Waals surface area contributed by atoms with Crippen LogP contribution in [0.1, 0.15) is 37.2 Å². The van der Waals surface area contributed by atoms with E-state index in [-0.39, 0.29) is 0 Å². The fraction of sp³-hybridized carbons (Fsp3) is 0.583. The average Bonchev–Trinajstić information content (AvgIpc) is 2.65. The SMILES string of the molecule is CCN1CCC[C@@H]1c1cccc(C)n1. The lowest BCUT2D eigenvalue weighted by atomic mass is 10.1. The van der Waals surface area contributed by atoms with Crippen LogP contribution in [0.25, 0.3) is 0 Å². The van der Waals surface area contributed by atoms with Gasteiger partial charge in [0.2, 0.25) is 0 Å². The third-order valence-electron chi connectivity index (χ3n) is 3.02. The Labute approximate surface area is 86.0 Å². The molecule has 2 heterocycles. The van der Waals surface area contributed by atoms with Gasteiger partial charge in [-0.2, -0.15) is 0 Å². The van der Waals surface area contributed by atoms with Crippen LogP contribution in [0.15, 0.2) is 18.2 Å². The summed E-state index contributed by atoms with van der Waals surface area (Å²) in [5.41, 5.74) is 2.38. The summed E-state index contributed by atoms with van der Waals surface area (Å²) in [5, 5.41) is 0. The second-order valence-electron chi connectivity index (χ2n) is 3.99. The Kier molecular flexibility index (Phi) is 2.82. The van der Waals surface area contributed by atoms with Gasteiger partial charge in [0.05, 0.1) is 11.7 Å². The highest BCUT2D eigenvalue weighted by Crippen LogP contribution is 2.30.